The van der Waals surface area contributed by atoms with Crippen LogP contribution in [0.1, 0.15) is 130 Å². The summed E-state index contributed by atoms with van der Waals surface area (Å²) in [7, 11) is 0. The van der Waals surface area contributed by atoms with Gasteiger partial charge in [-0.3, -0.25) is 68.4 Å². The second-order valence-corrected chi connectivity index (χ2v) is 15.8. The molecule has 2 heterocycles. The predicted molar refractivity (Wildman–Crippen MR) is 223 cm³/mol. The van der Waals surface area contributed by atoms with Crippen molar-refractivity contribution in [2.24, 2.45) is 11.8 Å². The quantitative estimate of drug-likeness (QED) is 0.1000. The minimum atomic E-state index is -1.14. The molecule has 0 aromatic heterocycles. The molecule has 4 atom stereocenters. The number of hydrogen-bond donors (Lipinski definition) is 4. The Balaban J connectivity index is 1.33. The van der Waals surface area contributed by atoms with Crippen LogP contribution in [-0.4, -0.2) is 94.0 Å². The lowest BCUT2D eigenvalue weighted by Crippen LogP contribution is -2.49. The molecule has 2 saturated heterocycles. The molecule has 328 valence electrons. The Morgan fingerprint density at radius 2 is 0.918 bits per heavy atom. The van der Waals surface area contributed by atoms with Crippen LogP contribution >= 0.6 is 0 Å². The molecule has 4 N–H and O–H groups in total. The average molecular weight is 843 g/mol. The van der Waals surface area contributed by atoms with Gasteiger partial charge >= 0.3 is 0 Å². The number of hydrogen-bond acceptors (Lipinski definition) is 10. The molecule has 0 aliphatic carbocycles. The maximum atomic E-state index is 13.3. The molecule has 2 aliphatic heterocycles. The molecular formula is C45H58N6O10. The van der Waals surface area contributed by atoms with Crippen LogP contribution in [0.15, 0.2) is 48.5 Å². The summed E-state index contributed by atoms with van der Waals surface area (Å²) in [6, 6.07) is 11.2. The fraction of sp³-hybridized carbons (Fsp3) is 0.511. The summed E-state index contributed by atoms with van der Waals surface area (Å²) < 4.78 is 0. The van der Waals surface area contributed by atoms with Crippen LogP contribution in [-0.2, 0) is 51.2 Å². The number of carbonyl (C=O) groups excluding carboxylic acids is 10. The number of carbonyl (C=O) groups is 10. The molecule has 0 saturated carbocycles. The fourth-order valence-electron chi connectivity index (χ4n) is 7.21. The van der Waals surface area contributed by atoms with Crippen LogP contribution in [0, 0.1) is 11.8 Å². The summed E-state index contributed by atoms with van der Waals surface area (Å²) in [4.78, 5) is 130. The molecule has 4 unspecified atom stereocenters. The van der Waals surface area contributed by atoms with Gasteiger partial charge in [0.1, 0.15) is 12.1 Å². The number of aryl methyl sites for hydroxylation is 2. The van der Waals surface area contributed by atoms with Crippen molar-refractivity contribution in [2.45, 2.75) is 123 Å². The second kappa shape index (κ2) is 23.1. The van der Waals surface area contributed by atoms with Gasteiger partial charge in [0.25, 0.3) is 11.8 Å². The van der Waals surface area contributed by atoms with E-state index in [4.69, 9.17) is 0 Å². The Hall–Kier alpha value is -6.06. The molecule has 16 nitrogen and oxygen atoms in total. The fourth-order valence-corrected chi connectivity index (χ4v) is 7.21. The Morgan fingerprint density at radius 3 is 1.23 bits per heavy atom. The maximum absolute atomic E-state index is 13.3. The lowest BCUT2D eigenvalue weighted by atomic mass is 10.1. The molecule has 2 aromatic carbocycles. The molecular weight excluding hydrogens is 785 g/mol. The van der Waals surface area contributed by atoms with Gasteiger partial charge in [-0.15, -0.1) is 0 Å². The lowest BCUT2D eigenvalue weighted by Gasteiger charge is -2.20. The summed E-state index contributed by atoms with van der Waals surface area (Å²) in [5, 5.41) is 10.00. The third kappa shape index (κ3) is 14.0. The van der Waals surface area contributed by atoms with E-state index in [-0.39, 0.29) is 105 Å². The molecule has 2 aliphatic rings. The molecule has 16 heteroatoms. The van der Waals surface area contributed by atoms with E-state index in [0.717, 1.165) is 24.0 Å². The van der Waals surface area contributed by atoms with Gasteiger partial charge in [0.2, 0.25) is 47.3 Å². The molecule has 10 amide bonds. The lowest BCUT2D eigenvalue weighted by molar-refractivity contribution is -0.140. The van der Waals surface area contributed by atoms with Crippen molar-refractivity contribution in [2.75, 3.05) is 13.1 Å². The van der Waals surface area contributed by atoms with Crippen molar-refractivity contribution in [3.05, 3.63) is 70.8 Å². The topological polar surface area (TPSA) is 225 Å². The molecule has 0 spiro atoms. The highest BCUT2D eigenvalue weighted by molar-refractivity contribution is 6.08. The minimum absolute atomic E-state index is 0.0283. The van der Waals surface area contributed by atoms with Gasteiger partial charge in [-0.25, -0.2) is 0 Å². The molecule has 2 fully saturated rings. The van der Waals surface area contributed by atoms with Gasteiger partial charge in [0.15, 0.2) is 0 Å². The van der Waals surface area contributed by atoms with E-state index in [9.17, 15) is 47.9 Å². The molecule has 0 radical (unpaired) electrons. The average Bonchev–Trinajstić information content (AvgIpc) is 3.63. The van der Waals surface area contributed by atoms with Crippen LogP contribution in [0.25, 0.3) is 0 Å². The monoisotopic (exact) mass is 842 g/mol. The summed E-state index contributed by atoms with van der Waals surface area (Å²) in [5.74, 6) is -5.71. The summed E-state index contributed by atoms with van der Waals surface area (Å²) >= 11 is 0. The third-order valence-corrected chi connectivity index (χ3v) is 11.0. The van der Waals surface area contributed by atoms with E-state index in [0.29, 0.717) is 25.7 Å². The van der Waals surface area contributed by atoms with Crippen molar-refractivity contribution in [3.63, 3.8) is 0 Å². The van der Waals surface area contributed by atoms with Gasteiger partial charge in [0, 0.05) is 61.7 Å². The zero-order valence-electron chi connectivity index (χ0n) is 35.5. The third-order valence-electron chi connectivity index (χ3n) is 11.0. The van der Waals surface area contributed by atoms with Crippen LogP contribution in [0.3, 0.4) is 0 Å². The van der Waals surface area contributed by atoms with Gasteiger partial charge < -0.3 is 10.6 Å². The smallest absolute Gasteiger partial charge is 0.257 e. The normalized spacial score (nSPS) is 17.2. The Kier molecular flexibility index (Phi) is 18.0. The largest absolute Gasteiger partial charge is 0.344 e. The first-order valence-corrected chi connectivity index (χ1v) is 21.3. The van der Waals surface area contributed by atoms with Crippen LogP contribution in [0.5, 0.6) is 0 Å². The van der Waals surface area contributed by atoms with E-state index in [1.807, 2.05) is 13.8 Å². The first kappa shape index (κ1) is 47.6. The summed E-state index contributed by atoms with van der Waals surface area (Å²) in [6.07, 6.45) is 3.10. The molecule has 0 bridgehead atoms. The first-order valence-electron chi connectivity index (χ1n) is 21.3. The minimum Gasteiger partial charge on any atom is -0.344 e. The first-order chi connectivity index (χ1) is 29.1. The van der Waals surface area contributed by atoms with Gasteiger partial charge in [-0.1, -0.05) is 52.0 Å². The Bertz CT molecular complexity index is 1820. The van der Waals surface area contributed by atoms with E-state index in [2.05, 4.69) is 21.3 Å². The number of likely N-dealkylation sites (tertiary alicyclic amines) is 2. The number of nitrogens with one attached hydrogen (secondary N) is 4. The van der Waals surface area contributed by atoms with Gasteiger partial charge in [0.05, 0.1) is 0 Å². The van der Waals surface area contributed by atoms with Crippen LogP contribution in [0.2, 0.25) is 0 Å². The Morgan fingerprint density at radius 1 is 0.557 bits per heavy atom. The number of unbranched alkanes of at least 4 members (excludes halogenated alkanes) is 2. The van der Waals surface area contributed by atoms with Gasteiger partial charge in [-0.05, 0) is 93.2 Å². The highest BCUT2D eigenvalue weighted by Crippen LogP contribution is 2.21. The number of imide groups is 4. The van der Waals surface area contributed by atoms with E-state index < -0.39 is 47.5 Å². The highest BCUT2D eigenvalue weighted by Gasteiger charge is 2.36. The number of nitrogens with zero attached hydrogens (tertiary/aromatic N) is 2. The van der Waals surface area contributed by atoms with Crippen molar-refractivity contribution in [3.8, 4) is 0 Å². The predicted octanol–water partition coefficient (Wildman–Crippen LogP) is 3.29. The Labute approximate surface area is 356 Å². The highest BCUT2D eigenvalue weighted by atomic mass is 16.2. The zero-order valence-corrected chi connectivity index (χ0v) is 35.5. The van der Waals surface area contributed by atoms with Crippen molar-refractivity contribution >= 4 is 59.1 Å². The standard InChI is InChI=1S/C45H58N6O10/c1-5-30-16-20-32(21-17-30)40(56)48-42(58)34(12-7-9-24-50-38(54)26-28(3)44(50)60)46-36(52)14-11-15-37(53)47-35(13-8-10-25-51-39(55)27-29(4)45(51)61)43(59)49-41(57)33-22-18-31(6-2)19-23-33/h16-23,28-29,34-35H,5-15,24-27H2,1-4H3,(H,46,52)(H,47,53)(H,48,56,58)(H,49,57,59). The molecule has 4 rings (SSSR count). The SMILES string of the molecule is CCc1ccc(C(=O)NC(=O)C(CCCCN2C(=O)CC(C)C2=O)NC(=O)CCCC(=O)NC(CCCCN2C(=O)CC(C)C2=O)C(=O)NC(=O)c2ccc(CC)cc2)cc1. The van der Waals surface area contributed by atoms with E-state index in [1.54, 1.807) is 62.4 Å². The van der Waals surface area contributed by atoms with E-state index >= 15 is 0 Å². The summed E-state index contributed by atoms with van der Waals surface area (Å²) in [5.41, 5.74) is 2.53. The number of amides is 10. The van der Waals surface area contributed by atoms with Crippen LogP contribution in [0.4, 0.5) is 0 Å². The van der Waals surface area contributed by atoms with Crippen molar-refractivity contribution < 1.29 is 47.9 Å². The maximum Gasteiger partial charge on any atom is 0.257 e. The van der Waals surface area contributed by atoms with E-state index in [1.165, 1.54) is 9.80 Å². The van der Waals surface area contributed by atoms with Crippen LogP contribution < -0.4 is 21.3 Å². The zero-order chi connectivity index (χ0) is 44.6. The number of rotatable bonds is 22. The van der Waals surface area contributed by atoms with Crippen molar-refractivity contribution in [1.82, 2.24) is 31.1 Å². The molecule has 61 heavy (non-hydrogen) atoms. The van der Waals surface area contributed by atoms with Gasteiger partial charge in [-0.2, -0.15) is 0 Å². The summed E-state index contributed by atoms with van der Waals surface area (Å²) in [6.45, 7) is 7.64. The second-order valence-electron chi connectivity index (χ2n) is 15.8. The molecule has 2 aromatic rings. The number of benzene rings is 2. The van der Waals surface area contributed by atoms with Crippen molar-refractivity contribution in [1.29, 1.82) is 0 Å².